The van der Waals surface area contributed by atoms with E-state index in [0.717, 1.165) is 70.0 Å². The van der Waals surface area contributed by atoms with Gasteiger partial charge < -0.3 is 15.0 Å². The molecule has 1 aromatic carbocycles. The largest absolute Gasteiger partial charge is 0.496 e. The summed E-state index contributed by atoms with van der Waals surface area (Å²) < 4.78 is 5.47. The molecule has 26 heavy (non-hydrogen) atoms. The van der Waals surface area contributed by atoms with Crippen molar-refractivity contribution in [1.82, 2.24) is 10.2 Å². The van der Waals surface area contributed by atoms with Crippen LogP contribution < -0.4 is 10.1 Å². The van der Waals surface area contributed by atoms with Crippen molar-refractivity contribution in [2.24, 2.45) is 11.8 Å². The molecule has 0 spiro atoms. The Labute approximate surface area is 164 Å². The predicted octanol–water partition coefficient (Wildman–Crippen LogP) is 3.68. The maximum atomic E-state index is 12.5. The summed E-state index contributed by atoms with van der Waals surface area (Å²) in [6.45, 7) is 4.08. The Bertz CT molecular complexity index is 553. The van der Waals surface area contributed by atoms with Gasteiger partial charge in [-0.3, -0.25) is 4.79 Å². The fourth-order valence-electron chi connectivity index (χ4n) is 4.23. The number of rotatable bonds is 6. The van der Waals surface area contributed by atoms with Crippen LogP contribution in [0.2, 0.25) is 0 Å². The molecule has 0 unspecified atom stereocenters. The number of nitrogens with one attached hydrogen (secondary N) is 1. The van der Waals surface area contributed by atoms with Crippen LogP contribution in [0.25, 0.3) is 0 Å². The van der Waals surface area contributed by atoms with Gasteiger partial charge in [0.1, 0.15) is 5.75 Å². The molecule has 5 heteroatoms. The van der Waals surface area contributed by atoms with Crippen LogP contribution in [-0.2, 0) is 11.2 Å². The van der Waals surface area contributed by atoms with Gasteiger partial charge in [-0.25, -0.2) is 0 Å². The second-order valence-corrected chi connectivity index (χ2v) is 7.57. The minimum Gasteiger partial charge on any atom is -0.496 e. The Hall–Kier alpha value is -1.26. The highest BCUT2D eigenvalue weighted by Crippen LogP contribution is 2.27. The first-order chi connectivity index (χ1) is 12.3. The standard InChI is InChI=1S/C21H32N2O2.ClH/c1-25-20-5-3-2-4-19(20)16-18-10-14-23(15-11-18)21(24)7-6-17-8-12-22-13-9-17;/h2-5,17-18,22H,6-16H2,1H3;1H. The molecule has 0 aromatic heterocycles. The van der Waals surface area contributed by atoms with Crippen LogP contribution in [0, 0.1) is 11.8 Å². The number of carbonyl (C=O) groups is 1. The minimum atomic E-state index is 0. The van der Waals surface area contributed by atoms with Crippen molar-refractivity contribution < 1.29 is 9.53 Å². The lowest BCUT2D eigenvalue weighted by molar-refractivity contribution is -0.132. The highest BCUT2D eigenvalue weighted by atomic mass is 35.5. The third-order valence-electron chi connectivity index (χ3n) is 5.89. The van der Waals surface area contributed by atoms with E-state index in [4.69, 9.17) is 4.74 Å². The Balaban J connectivity index is 0.00000243. The van der Waals surface area contributed by atoms with Gasteiger partial charge in [0.25, 0.3) is 0 Å². The van der Waals surface area contributed by atoms with Gasteiger partial charge in [-0.2, -0.15) is 0 Å². The lowest BCUT2D eigenvalue weighted by atomic mass is 9.89. The van der Waals surface area contributed by atoms with Crippen LogP contribution in [0.15, 0.2) is 24.3 Å². The van der Waals surface area contributed by atoms with Crippen molar-refractivity contribution in [1.29, 1.82) is 0 Å². The molecule has 1 aromatic rings. The average Bonchev–Trinajstić information content (AvgIpc) is 2.68. The van der Waals surface area contributed by atoms with E-state index >= 15 is 0 Å². The zero-order chi connectivity index (χ0) is 17.5. The number of hydrogen-bond donors (Lipinski definition) is 1. The maximum absolute atomic E-state index is 12.5. The summed E-state index contributed by atoms with van der Waals surface area (Å²) in [5.74, 6) is 2.76. The normalized spacial score (nSPS) is 19.0. The highest BCUT2D eigenvalue weighted by Gasteiger charge is 2.24. The van der Waals surface area contributed by atoms with E-state index in [1.165, 1.54) is 18.4 Å². The van der Waals surface area contributed by atoms with Gasteiger partial charge in [0.15, 0.2) is 0 Å². The number of carbonyl (C=O) groups excluding carboxylic acids is 1. The molecule has 146 valence electrons. The first-order valence-electron chi connectivity index (χ1n) is 9.86. The van der Waals surface area contributed by atoms with E-state index in [1.54, 1.807) is 7.11 Å². The summed E-state index contributed by atoms with van der Waals surface area (Å²) >= 11 is 0. The molecule has 0 bridgehead atoms. The van der Waals surface area contributed by atoms with E-state index in [0.29, 0.717) is 11.8 Å². The average molecular weight is 381 g/mol. The number of hydrogen-bond acceptors (Lipinski definition) is 3. The summed E-state index contributed by atoms with van der Waals surface area (Å²) in [5, 5.41) is 3.39. The minimum absolute atomic E-state index is 0. The fourth-order valence-corrected chi connectivity index (χ4v) is 4.23. The lowest BCUT2D eigenvalue weighted by Gasteiger charge is -2.33. The molecular weight excluding hydrogens is 348 g/mol. The molecule has 0 radical (unpaired) electrons. The van der Waals surface area contributed by atoms with E-state index in [2.05, 4.69) is 22.3 Å². The van der Waals surface area contributed by atoms with Crippen LogP contribution in [0.1, 0.15) is 44.1 Å². The Kier molecular flexibility index (Phi) is 8.73. The van der Waals surface area contributed by atoms with Crippen molar-refractivity contribution in [3.63, 3.8) is 0 Å². The zero-order valence-corrected chi connectivity index (χ0v) is 16.7. The fraction of sp³-hybridized carbons (Fsp3) is 0.667. The molecule has 0 saturated carbocycles. The molecule has 1 amide bonds. The Morgan fingerprint density at radius 2 is 1.81 bits per heavy atom. The van der Waals surface area contributed by atoms with E-state index < -0.39 is 0 Å². The zero-order valence-electron chi connectivity index (χ0n) is 15.9. The lowest BCUT2D eigenvalue weighted by Crippen LogP contribution is -2.39. The molecule has 2 fully saturated rings. The Morgan fingerprint density at radius 3 is 2.50 bits per heavy atom. The van der Waals surface area contributed by atoms with Gasteiger partial charge in [0.2, 0.25) is 5.91 Å². The molecular formula is C21H33ClN2O2. The number of ether oxygens (including phenoxy) is 1. The number of benzene rings is 1. The second-order valence-electron chi connectivity index (χ2n) is 7.57. The second kappa shape index (κ2) is 10.8. The number of amides is 1. The number of para-hydroxylation sites is 1. The van der Waals surface area contributed by atoms with Crippen LogP contribution in [0.5, 0.6) is 5.75 Å². The number of likely N-dealkylation sites (tertiary alicyclic amines) is 1. The van der Waals surface area contributed by atoms with Gasteiger partial charge in [0, 0.05) is 19.5 Å². The molecule has 0 aliphatic carbocycles. The highest BCUT2D eigenvalue weighted by molar-refractivity contribution is 5.85. The Morgan fingerprint density at radius 1 is 1.12 bits per heavy atom. The van der Waals surface area contributed by atoms with Crippen molar-refractivity contribution in [2.45, 2.75) is 44.9 Å². The molecule has 2 heterocycles. The van der Waals surface area contributed by atoms with Gasteiger partial charge in [-0.15, -0.1) is 12.4 Å². The van der Waals surface area contributed by atoms with E-state index in [1.807, 2.05) is 12.1 Å². The molecule has 2 aliphatic heterocycles. The topological polar surface area (TPSA) is 41.6 Å². The van der Waals surface area contributed by atoms with Crippen LogP contribution >= 0.6 is 12.4 Å². The number of piperidine rings is 2. The summed E-state index contributed by atoms with van der Waals surface area (Å²) in [6, 6.07) is 8.30. The molecule has 0 atom stereocenters. The first-order valence-corrected chi connectivity index (χ1v) is 9.86. The van der Waals surface area contributed by atoms with E-state index in [9.17, 15) is 4.79 Å². The smallest absolute Gasteiger partial charge is 0.222 e. The van der Waals surface area contributed by atoms with Gasteiger partial charge in [0.05, 0.1) is 7.11 Å². The molecule has 1 N–H and O–H groups in total. The van der Waals surface area contributed by atoms with Crippen LogP contribution in [0.4, 0.5) is 0 Å². The van der Waals surface area contributed by atoms with Crippen LogP contribution in [0.3, 0.4) is 0 Å². The number of halogens is 1. The molecule has 4 nitrogen and oxygen atoms in total. The van der Waals surface area contributed by atoms with Crippen molar-refractivity contribution in [2.75, 3.05) is 33.3 Å². The molecule has 2 aliphatic rings. The monoisotopic (exact) mass is 380 g/mol. The van der Waals surface area contributed by atoms with Crippen LogP contribution in [-0.4, -0.2) is 44.1 Å². The number of nitrogens with zero attached hydrogens (tertiary/aromatic N) is 1. The van der Waals surface area contributed by atoms with Gasteiger partial charge >= 0.3 is 0 Å². The van der Waals surface area contributed by atoms with Gasteiger partial charge in [-0.1, -0.05) is 18.2 Å². The van der Waals surface area contributed by atoms with Crippen molar-refractivity contribution in [3.05, 3.63) is 29.8 Å². The van der Waals surface area contributed by atoms with Gasteiger partial charge in [-0.05, 0) is 75.1 Å². The summed E-state index contributed by atoms with van der Waals surface area (Å²) in [7, 11) is 1.74. The summed E-state index contributed by atoms with van der Waals surface area (Å²) in [6.07, 6.45) is 7.54. The predicted molar refractivity (Wildman–Crippen MR) is 108 cm³/mol. The molecule has 3 rings (SSSR count). The summed E-state index contributed by atoms with van der Waals surface area (Å²) in [4.78, 5) is 14.6. The third-order valence-corrected chi connectivity index (χ3v) is 5.89. The van der Waals surface area contributed by atoms with Crippen molar-refractivity contribution in [3.8, 4) is 5.75 Å². The third kappa shape index (κ3) is 5.88. The first kappa shape index (κ1) is 21.0. The quantitative estimate of drug-likeness (QED) is 0.818. The summed E-state index contributed by atoms with van der Waals surface area (Å²) in [5.41, 5.74) is 1.29. The number of methoxy groups -OCH3 is 1. The van der Waals surface area contributed by atoms with Crippen molar-refractivity contribution >= 4 is 18.3 Å². The van der Waals surface area contributed by atoms with E-state index in [-0.39, 0.29) is 12.4 Å². The maximum Gasteiger partial charge on any atom is 0.222 e. The molecule has 2 saturated heterocycles. The SMILES string of the molecule is COc1ccccc1CC1CCN(C(=O)CCC2CCNCC2)CC1.Cl.